The van der Waals surface area contributed by atoms with E-state index in [9.17, 15) is 22.4 Å². The summed E-state index contributed by atoms with van der Waals surface area (Å²) in [6.07, 6.45) is 0. The maximum atomic E-state index is 13.7. The summed E-state index contributed by atoms with van der Waals surface area (Å²) in [5.41, 5.74) is 3.18. The lowest BCUT2D eigenvalue weighted by atomic mass is 10.0. The van der Waals surface area contributed by atoms with Gasteiger partial charge >= 0.3 is 10.2 Å². The summed E-state index contributed by atoms with van der Waals surface area (Å²) in [4.78, 5) is 16.5. The van der Waals surface area contributed by atoms with Gasteiger partial charge in [-0.3, -0.25) is 4.79 Å². The summed E-state index contributed by atoms with van der Waals surface area (Å²) in [5.74, 6) is 0.388. The largest absolute Gasteiger partial charge is 0.493 e. The zero-order chi connectivity index (χ0) is 24.9. The van der Waals surface area contributed by atoms with Gasteiger partial charge in [-0.25, -0.2) is 0 Å². The number of benzene rings is 3. The first-order valence-electron chi connectivity index (χ1n) is 11.0. The molecule has 0 aliphatic carbocycles. The van der Waals surface area contributed by atoms with E-state index in [1.807, 2.05) is 11.5 Å². The maximum absolute atomic E-state index is 13.7. The molecule has 0 radical (unpaired) electrons. The Morgan fingerprint density at radius 2 is 1.89 bits per heavy atom. The topological polar surface area (TPSA) is 105 Å². The Bertz CT molecular complexity index is 1860. The summed E-state index contributed by atoms with van der Waals surface area (Å²) >= 11 is 0. The predicted molar refractivity (Wildman–Crippen MR) is 133 cm³/mol. The summed E-state index contributed by atoms with van der Waals surface area (Å²) < 4.78 is 44.5. The molecule has 0 fully saturated rings. The molecule has 7 nitrogen and oxygen atoms in total. The highest BCUT2D eigenvalue weighted by molar-refractivity contribution is 7.86. The highest BCUT2D eigenvalue weighted by Crippen LogP contribution is 2.36. The van der Waals surface area contributed by atoms with Crippen LogP contribution in [0.25, 0.3) is 44.0 Å². The lowest BCUT2D eigenvalue weighted by molar-refractivity contribution is 0.342. The van der Waals surface area contributed by atoms with Crippen LogP contribution in [0.2, 0.25) is 0 Å². The van der Waals surface area contributed by atoms with Gasteiger partial charge in [0.15, 0.2) is 5.43 Å². The van der Waals surface area contributed by atoms with Gasteiger partial charge in [-0.1, -0.05) is 18.2 Å². The van der Waals surface area contributed by atoms with Gasteiger partial charge < -0.3 is 14.3 Å². The van der Waals surface area contributed by atoms with Crippen molar-refractivity contribution in [2.75, 3.05) is 6.61 Å². The average molecular weight is 490 g/mol. The van der Waals surface area contributed by atoms with Crippen molar-refractivity contribution in [3.05, 3.63) is 70.4 Å². The summed E-state index contributed by atoms with van der Waals surface area (Å²) in [6, 6.07) is 16.2. The van der Waals surface area contributed by atoms with E-state index in [1.165, 1.54) is 18.2 Å². The lowest BCUT2D eigenvalue weighted by Gasteiger charge is -2.16. The molecular weight excluding hydrogens is 469 g/mol. The van der Waals surface area contributed by atoms with Gasteiger partial charge in [0, 0.05) is 23.0 Å². The molecule has 5 rings (SSSR count). The van der Waals surface area contributed by atoms with Crippen LogP contribution in [0.15, 0.2) is 64.3 Å². The van der Waals surface area contributed by atoms with Crippen molar-refractivity contribution in [1.29, 1.82) is 5.26 Å². The second kappa shape index (κ2) is 8.25. The van der Waals surface area contributed by atoms with E-state index in [-0.39, 0.29) is 5.43 Å². The molecule has 0 unspecified atom stereocenters. The van der Waals surface area contributed by atoms with E-state index in [4.69, 9.17) is 4.74 Å². The van der Waals surface area contributed by atoms with Crippen molar-refractivity contribution in [1.82, 2.24) is 9.55 Å². The second-order valence-electron chi connectivity index (χ2n) is 8.06. The SMILES string of the molecule is CCOc1cc2c(=O)c3c4ccc(C#N)cc4[nH]c3n(CC)c2cc1-c1cccc(S(=O)(=O)F)c1. The van der Waals surface area contributed by atoms with Gasteiger partial charge in [-0.2, -0.15) is 13.7 Å². The molecule has 0 bridgehead atoms. The number of hydrogen-bond donors (Lipinski definition) is 1. The monoisotopic (exact) mass is 489 g/mol. The smallest absolute Gasteiger partial charge is 0.332 e. The zero-order valence-corrected chi connectivity index (χ0v) is 19.7. The van der Waals surface area contributed by atoms with Crippen LogP contribution in [0.3, 0.4) is 0 Å². The minimum absolute atomic E-state index is 0.191. The van der Waals surface area contributed by atoms with Crippen molar-refractivity contribution < 1.29 is 17.0 Å². The summed E-state index contributed by atoms with van der Waals surface area (Å²) in [6.45, 7) is 4.59. The Kier molecular flexibility index (Phi) is 5.33. The van der Waals surface area contributed by atoms with Crippen molar-refractivity contribution in [2.45, 2.75) is 25.3 Å². The van der Waals surface area contributed by atoms with E-state index >= 15 is 0 Å². The number of aryl methyl sites for hydroxylation is 1. The Hall–Kier alpha value is -4.16. The van der Waals surface area contributed by atoms with Gasteiger partial charge in [0.2, 0.25) is 0 Å². The first kappa shape index (κ1) is 22.6. The zero-order valence-electron chi connectivity index (χ0n) is 18.9. The molecule has 0 saturated carbocycles. The molecule has 0 aliphatic rings. The van der Waals surface area contributed by atoms with Crippen LogP contribution in [0.5, 0.6) is 5.75 Å². The molecule has 0 spiro atoms. The number of ether oxygens (including phenoxy) is 1. The normalized spacial score (nSPS) is 11.8. The number of aromatic amines is 1. The molecule has 35 heavy (non-hydrogen) atoms. The first-order valence-corrected chi connectivity index (χ1v) is 12.4. The third kappa shape index (κ3) is 3.63. The van der Waals surface area contributed by atoms with E-state index in [0.29, 0.717) is 63.0 Å². The molecule has 2 heterocycles. The number of rotatable bonds is 5. The van der Waals surface area contributed by atoms with Gasteiger partial charge in [-0.05, 0) is 55.8 Å². The standard InChI is InChI=1S/C26H20FN3O4S/c1-3-30-22-12-19(16-6-5-7-17(11-16)35(27,32)33)23(34-4-2)13-20(22)25(31)24-18-9-8-15(14-28)10-21(18)29-26(24)30/h5-13,29H,3-4H2,1-2H3. The van der Waals surface area contributed by atoms with E-state index in [1.54, 1.807) is 43.3 Å². The van der Waals surface area contributed by atoms with E-state index in [2.05, 4.69) is 11.1 Å². The Labute approximate surface area is 200 Å². The summed E-state index contributed by atoms with van der Waals surface area (Å²) in [7, 11) is -4.89. The van der Waals surface area contributed by atoms with Crippen LogP contribution >= 0.6 is 0 Å². The number of hydrogen-bond acceptors (Lipinski definition) is 5. The van der Waals surface area contributed by atoms with Crippen molar-refractivity contribution in [3.63, 3.8) is 0 Å². The van der Waals surface area contributed by atoms with E-state index < -0.39 is 15.1 Å². The van der Waals surface area contributed by atoms with Gasteiger partial charge in [-0.15, -0.1) is 3.89 Å². The fourth-order valence-electron chi connectivity index (χ4n) is 4.56. The molecule has 0 aliphatic heterocycles. The number of nitrogens with zero attached hydrogens (tertiary/aromatic N) is 2. The predicted octanol–water partition coefficient (Wildman–Crippen LogP) is 5.25. The maximum Gasteiger partial charge on any atom is 0.332 e. The van der Waals surface area contributed by atoms with Crippen LogP contribution in [0, 0.1) is 11.3 Å². The molecule has 5 aromatic rings. The highest BCUT2D eigenvalue weighted by atomic mass is 32.3. The number of nitrogens with one attached hydrogen (secondary N) is 1. The summed E-state index contributed by atoms with van der Waals surface area (Å²) in [5, 5.41) is 10.9. The van der Waals surface area contributed by atoms with Crippen molar-refractivity contribution >= 4 is 43.1 Å². The van der Waals surface area contributed by atoms with Gasteiger partial charge in [0.1, 0.15) is 11.4 Å². The number of fused-ring (bicyclic) bond motifs is 4. The molecule has 3 aromatic carbocycles. The fourth-order valence-corrected chi connectivity index (χ4v) is 5.07. The third-order valence-corrected chi connectivity index (χ3v) is 6.90. The number of aromatic nitrogens is 2. The van der Waals surface area contributed by atoms with Crippen LogP contribution in [-0.4, -0.2) is 24.6 Å². The molecule has 1 N–H and O–H groups in total. The Balaban J connectivity index is 1.90. The Morgan fingerprint density at radius 3 is 2.57 bits per heavy atom. The molecule has 0 amide bonds. The number of pyridine rings is 1. The van der Waals surface area contributed by atoms with Crippen molar-refractivity contribution in [2.24, 2.45) is 0 Å². The van der Waals surface area contributed by atoms with Crippen LogP contribution < -0.4 is 10.2 Å². The molecule has 0 saturated heterocycles. The molecule has 0 atom stereocenters. The molecular formula is C26H20FN3O4S. The highest BCUT2D eigenvalue weighted by Gasteiger charge is 2.20. The number of halogens is 1. The minimum Gasteiger partial charge on any atom is -0.493 e. The van der Waals surface area contributed by atoms with Crippen LogP contribution in [-0.2, 0) is 16.8 Å². The molecule has 176 valence electrons. The Morgan fingerprint density at radius 1 is 1.09 bits per heavy atom. The lowest BCUT2D eigenvalue weighted by Crippen LogP contribution is -2.11. The molecule has 9 heteroatoms. The van der Waals surface area contributed by atoms with Gasteiger partial charge in [0.05, 0.1) is 39.4 Å². The second-order valence-corrected chi connectivity index (χ2v) is 9.41. The number of H-pyrrole nitrogens is 1. The fraction of sp³-hybridized carbons (Fsp3) is 0.154. The average Bonchev–Trinajstić information content (AvgIpc) is 3.22. The molecule has 2 aromatic heterocycles. The van der Waals surface area contributed by atoms with Gasteiger partial charge in [0.25, 0.3) is 0 Å². The van der Waals surface area contributed by atoms with Crippen molar-refractivity contribution in [3.8, 4) is 22.9 Å². The van der Waals surface area contributed by atoms with E-state index in [0.717, 1.165) is 5.39 Å². The quantitative estimate of drug-likeness (QED) is 0.340. The minimum atomic E-state index is -4.89. The van der Waals surface area contributed by atoms with Crippen LogP contribution in [0.4, 0.5) is 3.89 Å². The number of nitriles is 1. The first-order chi connectivity index (χ1) is 16.8. The van der Waals surface area contributed by atoms with Crippen LogP contribution in [0.1, 0.15) is 19.4 Å². The third-order valence-electron chi connectivity index (χ3n) is 6.08.